The SMILES string of the molecule is CC(C)C(=O)c1cc2c(cc1NC(=O)c1ccco1)OCCO2. The first kappa shape index (κ1) is 15.1. The number of Topliss-reactive ketones (excluding diaryl/α,β-unsaturated/α-hetero) is 1. The van der Waals surface area contributed by atoms with Gasteiger partial charge in [-0.2, -0.15) is 0 Å². The minimum Gasteiger partial charge on any atom is -0.486 e. The van der Waals surface area contributed by atoms with Gasteiger partial charge in [0.05, 0.1) is 12.0 Å². The second-order valence-electron chi connectivity index (χ2n) is 5.49. The first-order valence-electron chi connectivity index (χ1n) is 7.39. The third-order valence-corrected chi connectivity index (χ3v) is 3.47. The summed E-state index contributed by atoms with van der Waals surface area (Å²) < 4.78 is 16.1. The fourth-order valence-corrected chi connectivity index (χ4v) is 2.30. The van der Waals surface area contributed by atoms with Gasteiger partial charge in [0.15, 0.2) is 23.0 Å². The molecule has 0 atom stereocenters. The molecule has 0 aliphatic carbocycles. The first-order valence-corrected chi connectivity index (χ1v) is 7.39. The van der Waals surface area contributed by atoms with Crippen LogP contribution in [0.3, 0.4) is 0 Å². The largest absolute Gasteiger partial charge is 0.486 e. The smallest absolute Gasteiger partial charge is 0.291 e. The minimum atomic E-state index is -0.426. The summed E-state index contributed by atoms with van der Waals surface area (Å²) in [5.74, 6) is 0.461. The number of carbonyl (C=O) groups is 2. The Morgan fingerprint density at radius 3 is 2.43 bits per heavy atom. The zero-order valence-electron chi connectivity index (χ0n) is 12.9. The number of hydrogen-bond acceptors (Lipinski definition) is 5. The second kappa shape index (κ2) is 6.16. The summed E-state index contributed by atoms with van der Waals surface area (Å²) in [5.41, 5.74) is 0.776. The van der Waals surface area contributed by atoms with E-state index < -0.39 is 5.91 Å². The Morgan fingerprint density at radius 2 is 1.83 bits per heavy atom. The molecule has 0 spiro atoms. The molecule has 1 amide bonds. The molecule has 1 aliphatic rings. The zero-order chi connectivity index (χ0) is 16.4. The van der Waals surface area contributed by atoms with Crippen molar-refractivity contribution >= 4 is 17.4 Å². The van der Waals surface area contributed by atoms with Crippen LogP contribution >= 0.6 is 0 Å². The molecule has 6 nitrogen and oxygen atoms in total. The summed E-state index contributed by atoms with van der Waals surface area (Å²) in [6.45, 7) is 4.46. The van der Waals surface area contributed by atoms with Crippen LogP contribution in [0.5, 0.6) is 11.5 Å². The van der Waals surface area contributed by atoms with Crippen molar-refractivity contribution in [2.24, 2.45) is 5.92 Å². The number of hydrogen-bond donors (Lipinski definition) is 1. The number of ether oxygens (including phenoxy) is 2. The molecule has 0 saturated carbocycles. The van der Waals surface area contributed by atoms with E-state index in [2.05, 4.69) is 5.32 Å². The molecule has 2 heterocycles. The van der Waals surface area contributed by atoms with E-state index >= 15 is 0 Å². The third kappa shape index (κ3) is 3.06. The minimum absolute atomic E-state index is 0.0864. The van der Waals surface area contributed by atoms with Crippen molar-refractivity contribution in [2.45, 2.75) is 13.8 Å². The van der Waals surface area contributed by atoms with E-state index in [1.807, 2.05) is 0 Å². The lowest BCUT2D eigenvalue weighted by Gasteiger charge is -2.21. The molecule has 1 N–H and O–H groups in total. The molecule has 1 aliphatic heterocycles. The fraction of sp³-hybridized carbons (Fsp3) is 0.294. The molecule has 1 aromatic heterocycles. The number of furan rings is 1. The van der Waals surface area contributed by atoms with Crippen LogP contribution in [0.15, 0.2) is 34.9 Å². The Kier molecular flexibility index (Phi) is 4.06. The monoisotopic (exact) mass is 315 g/mol. The van der Waals surface area contributed by atoms with E-state index in [0.29, 0.717) is 36.0 Å². The van der Waals surface area contributed by atoms with Gasteiger partial charge in [-0.1, -0.05) is 13.8 Å². The van der Waals surface area contributed by atoms with Crippen molar-refractivity contribution in [1.29, 1.82) is 0 Å². The van der Waals surface area contributed by atoms with Crippen LogP contribution in [0.4, 0.5) is 5.69 Å². The van der Waals surface area contributed by atoms with Gasteiger partial charge in [0.2, 0.25) is 0 Å². The molecular weight excluding hydrogens is 298 g/mol. The molecule has 0 unspecified atom stereocenters. The van der Waals surface area contributed by atoms with Crippen LogP contribution in [-0.2, 0) is 0 Å². The Morgan fingerprint density at radius 1 is 1.13 bits per heavy atom. The van der Waals surface area contributed by atoms with Gasteiger partial charge in [0.25, 0.3) is 5.91 Å². The van der Waals surface area contributed by atoms with Gasteiger partial charge in [0, 0.05) is 17.5 Å². The second-order valence-corrected chi connectivity index (χ2v) is 5.49. The van der Waals surface area contributed by atoms with Crippen LogP contribution < -0.4 is 14.8 Å². The maximum Gasteiger partial charge on any atom is 0.291 e. The van der Waals surface area contributed by atoms with Crippen molar-refractivity contribution < 1.29 is 23.5 Å². The highest BCUT2D eigenvalue weighted by Crippen LogP contribution is 2.36. The zero-order valence-corrected chi connectivity index (χ0v) is 12.9. The van der Waals surface area contributed by atoms with E-state index in [-0.39, 0.29) is 17.5 Å². The molecular formula is C17H17NO5. The predicted octanol–water partition coefficient (Wildman–Crippen LogP) is 3.14. The average molecular weight is 315 g/mol. The number of anilines is 1. The lowest BCUT2D eigenvalue weighted by molar-refractivity contribution is 0.0939. The van der Waals surface area contributed by atoms with Gasteiger partial charge in [-0.15, -0.1) is 0 Å². The maximum absolute atomic E-state index is 12.4. The lowest BCUT2D eigenvalue weighted by Crippen LogP contribution is -2.20. The molecule has 0 fully saturated rings. The van der Waals surface area contributed by atoms with Gasteiger partial charge in [-0.3, -0.25) is 9.59 Å². The molecule has 0 bridgehead atoms. The lowest BCUT2D eigenvalue weighted by atomic mass is 9.98. The Balaban J connectivity index is 1.99. The van der Waals surface area contributed by atoms with Gasteiger partial charge >= 0.3 is 0 Å². The molecule has 0 saturated heterocycles. The molecule has 6 heteroatoms. The topological polar surface area (TPSA) is 77.8 Å². The number of nitrogens with one attached hydrogen (secondary N) is 1. The summed E-state index contributed by atoms with van der Waals surface area (Å²) in [4.78, 5) is 24.6. The molecule has 23 heavy (non-hydrogen) atoms. The van der Waals surface area contributed by atoms with Crippen LogP contribution in [-0.4, -0.2) is 24.9 Å². The Hall–Kier alpha value is -2.76. The summed E-state index contributed by atoms with van der Waals surface area (Å²) in [6.07, 6.45) is 1.42. The van der Waals surface area contributed by atoms with Crippen molar-refractivity contribution in [2.75, 3.05) is 18.5 Å². The van der Waals surface area contributed by atoms with Gasteiger partial charge in [-0.25, -0.2) is 0 Å². The molecule has 120 valence electrons. The quantitative estimate of drug-likeness (QED) is 0.877. The van der Waals surface area contributed by atoms with Gasteiger partial charge in [-0.05, 0) is 18.2 Å². The standard InChI is InChI=1S/C17H17NO5/c1-10(2)16(19)11-8-14-15(23-7-6-22-14)9-12(11)18-17(20)13-4-3-5-21-13/h3-5,8-10H,6-7H2,1-2H3,(H,18,20). The van der Waals surface area contributed by atoms with Crippen molar-refractivity contribution in [3.8, 4) is 11.5 Å². The highest BCUT2D eigenvalue weighted by molar-refractivity contribution is 6.09. The molecule has 2 aromatic rings. The summed E-state index contributed by atoms with van der Waals surface area (Å²) in [5, 5.41) is 2.71. The summed E-state index contributed by atoms with van der Waals surface area (Å²) in [6, 6.07) is 6.41. The van der Waals surface area contributed by atoms with E-state index in [0.717, 1.165) is 0 Å². The van der Waals surface area contributed by atoms with E-state index in [1.165, 1.54) is 6.26 Å². The molecule has 1 aromatic carbocycles. The predicted molar refractivity (Wildman–Crippen MR) is 83.3 cm³/mol. The number of fused-ring (bicyclic) bond motifs is 1. The number of rotatable bonds is 4. The Labute approximate surface area is 133 Å². The third-order valence-electron chi connectivity index (χ3n) is 3.47. The van der Waals surface area contributed by atoms with E-state index in [9.17, 15) is 9.59 Å². The molecule has 0 radical (unpaired) electrons. The first-order chi connectivity index (χ1) is 11.1. The summed E-state index contributed by atoms with van der Waals surface area (Å²) in [7, 11) is 0. The highest BCUT2D eigenvalue weighted by Gasteiger charge is 2.23. The Bertz CT molecular complexity index is 734. The van der Waals surface area contributed by atoms with Crippen LogP contribution in [0.25, 0.3) is 0 Å². The average Bonchev–Trinajstić information content (AvgIpc) is 3.08. The fourth-order valence-electron chi connectivity index (χ4n) is 2.30. The van der Waals surface area contributed by atoms with Crippen molar-refractivity contribution in [1.82, 2.24) is 0 Å². The van der Waals surface area contributed by atoms with Crippen LogP contribution in [0.2, 0.25) is 0 Å². The normalized spacial score (nSPS) is 13.0. The highest BCUT2D eigenvalue weighted by atomic mass is 16.6. The van der Waals surface area contributed by atoms with E-state index in [1.54, 1.807) is 38.1 Å². The number of ketones is 1. The number of amides is 1. The number of carbonyl (C=O) groups excluding carboxylic acids is 2. The van der Waals surface area contributed by atoms with Crippen molar-refractivity contribution in [3.05, 3.63) is 41.9 Å². The van der Waals surface area contributed by atoms with Gasteiger partial charge < -0.3 is 19.2 Å². The van der Waals surface area contributed by atoms with Gasteiger partial charge in [0.1, 0.15) is 13.2 Å². The maximum atomic E-state index is 12.4. The summed E-state index contributed by atoms with van der Waals surface area (Å²) >= 11 is 0. The van der Waals surface area contributed by atoms with Crippen LogP contribution in [0, 0.1) is 5.92 Å². The van der Waals surface area contributed by atoms with E-state index in [4.69, 9.17) is 13.9 Å². The van der Waals surface area contributed by atoms with Crippen LogP contribution in [0.1, 0.15) is 34.8 Å². The molecule has 3 rings (SSSR count). The van der Waals surface area contributed by atoms with Crippen molar-refractivity contribution in [3.63, 3.8) is 0 Å². The number of benzene rings is 1.